The molecule has 1 heterocycles. The van der Waals surface area contributed by atoms with Crippen molar-refractivity contribution >= 4 is 29.0 Å². The number of anilines is 2. The highest BCUT2D eigenvalue weighted by molar-refractivity contribution is 6.30. The Balaban J connectivity index is 1.85. The van der Waals surface area contributed by atoms with E-state index in [0.717, 1.165) is 18.9 Å². The molecule has 1 fully saturated rings. The molecule has 1 aromatic carbocycles. The van der Waals surface area contributed by atoms with Gasteiger partial charge in [0, 0.05) is 6.20 Å². The topological polar surface area (TPSA) is 63.2 Å². The Morgan fingerprint density at radius 1 is 1.40 bits per heavy atom. The molecule has 0 atom stereocenters. The molecule has 0 bridgehead atoms. The maximum absolute atomic E-state index is 14.3. The first kappa shape index (κ1) is 17.6. The highest BCUT2D eigenvalue weighted by Gasteiger charge is 2.23. The number of nitrogens with zero attached hydrogens (tertiary/aromatic N) is 1. The summed E-state index contributed by atoms with van der Waals surface area (Å²) in [4.78, 5) is 21.4. The average Bonchev–Trinajstić information content (AvgIpc) is 3.38. The first-order chi connectivity index (χ1) is 12.0. The number of nitrogens with one attached hydrogen (secondary N) is 2. The molecule has 0 unspecified atom stereocenters. The summed E-state index contributed by atoms with van der Waals surface area (Å²) >= 11 is 5.84. The minimum atomic E-state index is -1.18. The number of amides is 1. The lowest BCUT2D eigenvalue weighted by Gasteiger charge is -2.14. The molecule has 1 aliphatic carbocycles. The largest absolute Gasteiger partial charge is 0.337 e. The molecule has 2 aromatic rings. The fourth-order valence-corrected chi connectivity index (χ4v) is 2.43. The molecular formula is C17H16ClF2N3O2. The second kappa shape index (κ2) is 7.33. The monoisotopic (exact) mass is 367 g/mol. The normalized spacial score (nSPS) is 13.6. The first-order valence-electron chi connectivity index (χ1n) is 7.75. The maximum atomic E-state index is 14.3. The third kappa shape index (κ3) is 4.24. The van der Waals surface area contributed by atoms with E-state index in [9.17, 15) is 13.6 Å². The average molecular weight is 368 g/mol. The van der Waals surface area contributed by atoms with E-state index in [-0.39, 0.29) is 17.1 Å². The van der Waals surface area contributed by atoms with E-state index in [2.05, 4.69) is 15.8 Å². The summed E-state index contributed by atoms with van der Waals surface area (Å²) in [5.41, 5.74) is 2.47. The van der Waals surface area contributed by atoms with Crippen LogP contribution < -0.4 is 10.8 Å². The van der Waals surface area contributed by atoms with E-state index < -0.39 is 17.5 Å². The Morgan fingerprint density at radius 3 is 2.84 bits per heavy atom. The van der Waals surface area contributed by atoms with Gasteiger partial charge in [0.1, 0.15) is 5.82 Å². The van der Waals surface area contributed by atoms with Gasteiger partial charge in [-0.2, -0.15) is 0 Å². The van der Waals surface area contributed by atoms with Crippen molar-refractivity contribution in [3.8, 4) is 0 Å². The Hall–Kier alpha value is -2.25. The number of halogens is 3. The number of hydroxylamine groups is 1. The Bertz CT molecular complexity index is 813. The van der Waals surface area contributed by atoms with Crippen LogP contribution in [0.1, 0.15) is 28.8 Å². The Morgan fingerprint density at radius 2 is 2.16 bits per heavy atom. The summed E-state index contributed by atoms with van der Waals surface area (Å²) in [7, 11) is 0. The number of aromatic nitrogens is 1. The second-order valence-corrected chi connectivity index (χ2v) is 6.35. The molecule has 25 heavy (non-hydrogen) atoms. The van der Waals surface area contributed by atoms with E-state index in [1.807, 2.05) is 0 Å². The smallest absolute Gasteiger partial charge is 0.277 e. The van der Waals surface area contributed by atoms with Gasteiger partial charge >= 0.3 is 0 Å². The van der Waals surface area contributed by atoms with Gasteiger partial charge in [-0.05, 0) is 49.4 Å². The fourth-order valence-electron chi connectivity index (χ4n) is 2.22. The number of hydrogen-bond donors (Lipinski definition) is 2. The SMILES string of the molecule is Cc1cc(Cl)cnc1Nc1c(C(=O)NOCC2CC2)ccc(F)c1F. The minimum Gasteiger partial charge on any atom is -0.337 e. The van der Waals surface area contributed by atoms with Crippen molar-refractivity contribution in [2.24, 2.45) is 5.92 Å². The van der Waals surface area contributed by atoms with E-state index >= 15 is 0 Å². The van der Waals surface area contributed by atoms with Crippen LogP contribution in [-0.2, 0) is 4.84 Å². The van der Waals surface area contributed by atoms with Crippen LogP contribution in [0.4, 0.5) is 20.3 Å². The third-order valence-corrected chi connectivity index (χ3v) is 4.02. The lowest BCUT2D eigenvalue weighted by atomic mass is 10.1. The fraction of sp³-hybridized carbons (Fsp3) is 0.294. The summed E-state index contributed by atoms with van der Waals surface area (Å²) < 4.78 is 27.9. The molecule has 0 radical (unpaired) electrons. The zero-order valence-corrected chi connectivity index (χ0v) is 14.2. The van der Waals surface area contributed by atoms with E-state index in [1.54, 1.807) is 13.0 Å². The van der Waals surface area contributed by atoms with Crippen molar-refractivity contribution in [3.05, 3.63) is 52.2 Å². The van der Waals surface area contributed by atoms with Gasteiger partial charge in [-0.3, -0.25) is 9.63 Å². The van der Waals surface area contributed by atoms with Crippen LogP contribution in [-0.4, -0.2) is 17.5 Å². The molecular weight excluding hydrogens is 352 g/mol. The molecule has 1 aromatic heterocycles. The van der Waals surface area contributed by atoms with Crippen molar-refractivity contribution in [1.29, 1.82) is 0 Å². The van der Waals surface area contributed by atoms with Gasteiger partial charge in [0.25, 0.3) is 5.91 Å². The van der Waals surface area contributed by atoms with Crippen molar-refractivity contribution in [2.75, 3.05) is 11.9 Å². The van der Waals surface area contributed by atoms with Crippen LogP contribution >= 0.6 is 11.6 Å². The zero-order valence-electron chi connectivity index (χ0n) is 13.4. The van der Waals surface area contributed by atoms with Gasteiger partial charge in [-0.1, -0.05) is 11.6 Å². The van der Waals surface area contributed by atoms with Crippen LogP contribution in [0.2, 0.25) is 5.02 Å². The van der Waals surface area contributed by atoms with Crippen LogP contribution in [0.5, 0.6) is 0 Å². The number of hydrogen-bond acceptors (Lipinski definition) is 4. The van der Waals surface area contributed by atoms with Gasteiger partial charge < -0.3 is 5.32 Å². The molecule has 5 nitrogen and oxygen atoms in total. The Kier molecular flexibility index (Phi) is 5.15. The van der Waals surface area contributed by atoms with Crippen molar-refractivity contribution < 1.29 is 18.4 Å². The number of carbonyl (C=O) groups excluding carboxylic acids is 1. The molecule has 1 saturated carbocycles. The summed E-state index contributed by atoms with van der Waals surface area (Å²) in [5.74, 6) is -2.21. The van der Waals surface area contributed by atoms with E-state index in [0.29, 0.717) is 23.1 Å². The lowest BCUT2D eigenvalue weighted by molar-refractivity contribution is 0.0270. The van der Waals surface area contributed by atoms with Crippen molar-refractivity contribution in [2.45, 2.75) is 19.8 Å². The van der Waals surface area contributed by atoms with Crippen LogP contribution in [0.3, 0.4) is 0 Å². The maximum Gasteiger partial charge on any atom is 0.277 e. The van der Waals surface area contributed by atoms with Gasteiger partial charge in [-0.25, -0.2) is 19.2 Å². The second-order valence-electron chi connectivity index (χ2n) is 5.91. The quantitative estimate of drug-likeness (QED) is 0.753. The molecule has 0 spiro atoms. The number of rotatable bonds is 6. The molecule has 1 aliphatic rings. The highest BCUT2D eigenvalue weighted by Crippen LogP contribution is 2.29. The van der Waals surface area contributed by atoms with Gasteiger partial charge in [-0.15, -0.1) is 0 Å². The van der Waals surface area contributed by atoms with Crippen molar-refractivity contribution in [1.82, 2.24) is 10.5 Å². The summed E-state index contributed by atoms with van der Waals surface area (Å²) in [6.45, 7) is 2.10. The highest BCUT2D eigenvalue weighted by atomic mass is 35.5. The van der Waals surface area contributed by atoms with Crippen LogP contribution in [0.25, 0.3) is 0 Å². The molecule has 0 aliphatic heterocycles. The first-order valence-corrected chi connectivity index (χ1v) is 8.13. The molecule has 132 valence electrons. The van der Waals surface area contributed by atoms with Crippen molar-refractivity contribution in [3.63, 3.8) is 0 Å². The summed E-state index contributed by atoms with van der Waals surface area (Å²) in [6, 6.07) is 3.69. The molecule has 1 amide bonds. The number of benzene rings is 1. The zero-order chi connectivity index (χ0) is 18.0. The third-order valence-electron chi connectivity index (χ3n) is 3.81. The number of aryl methyl sites for hydroxylation is 1. The standard InChI is InChI=1S/C17H16ClF2N3O2/c1-9-6-11(18)7-21-16(9)22-15-12(4-5-13(19)14(15)20)17(24)23-25-8-10-2-3-10/h4-7,10H,2-3,8H2,1H3,(H,21,22)(H,23,24). The minimum absolute atomic E-state index is 0.0918. The lowest BCUT2D eigenvalue weighted by Crippen LogP contribution is -2.26. The van der Waals surface area contributed by atoms with Gasteiger partial charge in [0.05, 0.1) is 22.9 Å². The predicted octanol–water partition coefficient (Wildman–Crippen LogP) is 4.14. The molecule has 0 saturated heterocycles. The van der Waals surface area contributed by atoms with Crippen LogP contribution in [0.15, 0.2) is 24.4 Å². The molecule has 8 heteroatoms. The predicted molar refractivity (Wildman–Crippen MR) is 89.8 cm³/mol. The van der Waals surface area contributed by atoms with Gasteiger partial charge in [0.15, 0.2) is 11.6 Å². The summed E-state index contributed by atoms with van der Waals surface area (Å²) in [6.07, 6.45) is 3.50. The number of carbonyl (C=O) groups is 1. The number of pyridine rings is 1. The Labute approximate surface area is 148 Å². The molecule has 3 rings (SSSR count). The van der Waals surface area contributed by atoms with E-state index in [4.69, 9.17) is 16.4 Å². The summed E-state index contributed by atoms with van der Waals surface area (Å²) in [5, 5.41) is 3.08. The van der Waals surface area contributed by atoms with Crippen LogP contribution in [0, 0.1) is 24.5 Å². The molecule has 2 N–H and O–H groups in total. The van der Waals surface area contributed by atoms with Gasteiger partial charge in [0.2, 0.25) is 0 Å². The van der Waals surface area contributed by atoms with E-state index in [1.165, 1.54) is 12.3 Å².